The number of para-hydroxylation sites is 1. The second-order valence-corrected chi connectivity index (χ2v) is 5.08. The Hall–Kier alpha value is -2.56. The van der Waals surface area contributed by atoms with Crippen LogP contribution in [0.5, 0.6) is 5.75 Å². The fourth-order valence-electron chi connectivity index (χ4n) is 2.12. The largest absolute Gasteiger partial charge is 0.492 e. The first-order valence-electron chi connectivity index (χ1n) is 7.53. The molecule has 0 unspecified atom stereocenters. The third-order valence-corrected chi connectivity index (χ3v) is 3.41. The Morgan fingerprint density at radius 2 is 1.83 bits per heavy atom. The summed E-state index contributed by atoms with van der Waals surface area (Å²) in [5.41, 5.74) is 0.614. The fourth-order valence-corrected chi connectivity index (χ4v) is 2.12. The first kappa shape index (κ1) is 16.8. The summed E-state index contributed by atoms with van der Waals surface area (Å²) < 4.78 is 19.3. The van der Waals surface area contributed by atoms with Crippen LogP contribution in [-0.4, -0.2) is 38.1 Å². The van der Waals surface area contributed by atoms with Crippen molar-refractivity contribution in [2.24, 2.45) is 4.99 Å². The molecule has 2 rings (SSSR count). The van der Waals surface area contributed by atoms with Gasteiger partial charge in [-0.1, -0.05) is 36.4 Å². The van der Waals surface area contributed by atoms with Crippen molar-refractivity contribution in [3.05, 3.63) is 66.0 Å². The maximum atomic E-state index is 13.6. The van der Waals surface area contributed by atoms with Gasteiger partial charge in [-0.05, 0) is 18.2 Å². The lowest BCUT2D eigenvalue weighted by Gasteiger charge is -2.22. The van der Waals surface area contributed by atoms with Crippen molar-refractivity contribution >= 4 is 5.96 Å². The molecule has 0 amide bonds. The van der Waals surface area contributed by atoms with Crippen LogP contribution < -0.4 is 10.1 Å². The van der Waals surface area contributed by atoms with E-state index in [4.69, 9.17) is 4.74 Å². The second kappa shape index (κ2) is 8.78. The highest BCUT2D eigenvalue weighted by atomic mass is 19.1. The van der Waals surface area contributed by atoms with Crippen molar-refractivity contribution in [2.45, 2.75) is 6.54 Å². The summed E-state index contributed by atoms with van der Waals surface area (Å²) in [4.78, 5) is 6.16. The predicted molar refractivity (Wildman–Crippen MR) is 91.2 cm³/mol. The number of nitrogens with one attached hydrogen (secondary N) is 1. The van der Waals surface area contributed by atoms with Crippen molar-refractivity contribution in [1.82, 2.24) is 10.2 Å². The van der Waals surface area contributed by atoms with E-state index in [2.05, 4.69) is 10.3 Å². The molecule has 2 aromatic rings. The summed E-state index contributed by atoms with van der Waals surface area (Å²) in [6.07, 6.45) is 0. The van der Waals surface area contributed by atoms with E-state index < -0.39 is 0 Å². The van der Waals surface area contributed by atoms with Crippen molar-refractivity contribution in [1.29, 1.82) is 0 Å². The highest BCUT2D eigenvalue weighted by Crippen LogP contribution is 2.08. The molecule has 5 heteroatoms. The van der Waals surface area contributed by atoms with Crippen molar-refractivity contribution in [3.63, 3.8) is 0 Å². The highest BCUT2D eigenvalue weighted by Gasteiger charge is 2.07. The molecule has 0 aliphatic rings. The van der Waals surface area contributed by atoms with Crippen LogP contribution in [0.4, 0.5) is 4.39 Å². The number of guanidine groups is 1. The first-order chi connectivity index (χ1) is 11.2. The molecule has 0 aliphatic carbocycles. The monoisotopic (exact) mass is 315 g/mol. The Morgan fingerprint density at radius 3 is 2.52 bits per heavy atom. The molecule has 0 fully saturated rings. The summed E-state index contributed by atoms with van der Waals surface area (Å²) in [5.74, 6) is 1.32. The predicted octanol–water partition coefficient (Wildman–Crippen LogP) is 2.91. The van der Waals surface area contributed by atoms with E-state index in [-0.39, 0.29) is 5.82 Å². The maximum absolute atomic E-state index is 13.6. The van der Waals surface area contributed by atoms with E-state index in [0.717, 1.165) is 5.75 Å². The smallest absolute Gasteiger partial charge is 0.193 e. The maximum Gasteiger partial charge on any atom is 0.193 e. The topological polar surface area (TPSA) is 36.9 Å². The number of halogens is 1. The number of nitrogens with zero attached hydrogens (tertiary/aromatic N) is 2. The molecule has 4 nitrogen and oxygen atoms in total. The van der Waals surface area contributed by atoms with Crippen LogP contribution >= 0.6 is 0 Å². The van der Waals surface area contributed by atoms with Gasteiger partial charge in [-0.15, -0.1) is 0 Å². The van der Waals surface area contributed by atoms with E-state index >= 15 is 0 Å². The zero-order valence-corrected chi connectivity index (χ0v) is 13.5. The van der Waals surface area contributed by atoms with Gasteiger partial charge in [0.15, 0.2) is 5.96 Å². The Bertz CT molecular complexity index is 631. The van der Waals surface area contributed by atoms with Crippen molar-refractivity contribution in [2.75, 3.05) is 27.2 Å². The van der Waals surface area contributed by atoms with E-state index in [9.17, 15) is 4.39 Å². The summed E-state index contributed by atoms with van der Waals surface area (Å²) in [7, 11) is 3.63. The number of rotatable bonds is 6. The van der Waals surface area contributed by atoms with Gasteiger partial charge in [0.1, 0.15) is 18.2 Å². The summed E-state index contributed by atoms with van der Waals surface area (Å²) in [5, 5.41) is 3.16. The minimum absolute atomic E-state index is 0.217. The highest BCUT2D eigenvalue weighted by molar-refractivity contribution is 5.79. The second-order valence-electron chi connectivity index (χ2n) is 5.08. The minimum atomic E-state index is -0.217. The molecule has 0 spiro atoms. The van der Waals surface area contributed by atoms with E-state index in [1.165, 1.54) is 6.07 Å². The third kappa shape index (κ3) is 5.29. The molecular formula is C18H22FN3O. The van der Waals surface area contributed by atoms with E-state index in [1.807, 2.05) is 48.3 Å². The number of hydrogen-bond donors (Lipinski definition) is 1. The van der Waals surface area contributed by atoms with Crippen LogP contribution in [0.3, 0.4) is 0 Å². The summed E-state index contributed by atoms with van der Waals surface area (Å²) in [6.45, 7) is 1.61. The Balaban J connectivity index is 1.80. The van der Waals surface area contributed by atoms with Crippen LogP contribution in [0.25, 0.3) is 0 Å². The van der Waals surface area contributed by atoms with Crippen molar-refractivity contribution < 1.29 is 9.13 Å². The van der Waals surface area contributed by atoms with Gasteiger partial charge < -0.3 is 15.0 Å². The number of hydrogen-bond acceptors (Lipinski definition) is 2. The summed E-state index contributed by atoms with van der Waals surface area (Å²) >= 11 is 0. The molecule has 1 N–H and O–H groups in total. The fraction of sp³-hybridized carbons (Fsp3) is 0.278. The molecule has 0 aromatic heterocycles. The molecule has 0 saturated heterocycles. The van der Waals surface area contributed by atoms with Crippen LogP contribution in [0.1, 0.15) is 5.56 Å². The summed E-state index contributed by atoms with van der Waals surface area (Å²) in [6, 6.07) is 16.4. The van der Waals surface area contributed by atoms with Gasteiger partial charge in [0, 0.05) is 26.2 Å². The normalized spacial score (nSPS) is 11.2. The van der Waals surface area contributed by atoms with Crippen LogP contribution in [0, 0.1) is 5.82 Å². The van der Waals surface area contributed by atoms with Crippen LogP contribution in [0.15, 0.2) is 59.6 Å². The number of ether oxygens (including phenoxy) is 1. The Morgan fingerprint density at radius 1 is 1.13 bits per heavy atom. The first-order valence-corrected chi connectivity index (χ1v) is 7.53. The quantitative estimate of drug-likeness (QED) is 0.658. The Kier molecular flexibility index (Phi) is 6.41. The molecule has 122 valence electrons. The van der Waals surface area contributed by atoms with Gasteiger partial charge in [-0.2, -0.15) is 0 Å². The lowest BCUT2D eigenvalue weighted by atomic mass is 10.2. The van der Waals surface area contributed by atoms with Gasteiger partial charge in [-0.25, -0.2) is 4.39 Å². The average molecular weight is 315 g/mol. The van der Waals surface area contributed by atoms with E-state index in [0.29, 0.717) is 31.2 Å². The van der Waals surface area contributed by atoms with Gasteiger partial charge in [0.25, 0.3) is 0 Å². The molecule has 2 aromatic carbocycles. The number of aliphatic imine (C=N–C) groups is 1. The molecule has 0 bridgehead atoms. The molecule has 0 saturated carbocycles. The number of benzene rings is 2. The van der Waals surface area contributed by atoms with Crippen molar-refractivity contribution in [3.8, 4) is 5.75 Å². The molecule has 0 radical (unpaired) electrons. The minimum Gasteiger partial charge on any atom is -0.492 e. The molecular weight excluding hydrogens is 293 g/mol. The molecule has 0 atom stereocenters. The van der Waals surface area contributed by atoms with Gasteiger partial charge in [0.05, 0.1) is 6.54 Å². The Labute approximate surface area is 136 Å². The molecule has 0 aliphatic heterocycles. The van der Waals surface area contributed by atoms with Gasteiger partial charge in [0.2, 0.25) is 0 Å². The molecule has 23 heavy (non-hydrogen) atoms. The van der Waals surface area contributed by atoms with Gasteiger partial charge >= 0.3 is 0 Å². The van der Waals surface area contributed by atoms with E-state index in [1.54, 1.807) is 19.2 Å². The van der Waals surface area contributed by atoms with Crippen LogP contribution in [0.2, 0.25) is 0 Å². The zero-order valence-electron chi connectivity index (χ0n) is 13.5. The molecule has 0 heterocycles. The standard InChI is InChI=1S/C18H22FN3O/c1-20-18(21-14-15-8-6-7-11-17(15)19)22(2)12-13-23-16-9-4-3-5-10-16/h3-11H,12-14H2,1-2H3,(H,20,21). The lowest BCUT2D eigenvalue weighted by Crippen LogP contribution is -2.40. The lowest BCUT2D eigenvalue weighted by molar-refractivity contribution is 0.281. The third-order valence-electron chi connectivity index (χ3n) is 3.41. The van der Waals surface area contributed by atoms with Gasteiger partial charge in [-0.3, -0.25) is 4.99 Å². The SMILES string of the molecule is CN=C(NCc1ccccc1F)N(C)CCOc1ccccc1. The number of likely N-dealkylation sites (N-methyl/N-ethyl adjacent to an activating group) is 1. The van der Waals surface area contributed by atoms with Crippen LogP contribution in [-0.2, 0) is 6.54 Å². The zero-order chi connectivity index (χ0) is 16.5. The average Bonchev–Trinajstić information content (AvgIpc) is 2.58.